The van der Waals surface area contributed by atoms with Gasteiger partial charge >= 0.3 is 0 Å². The molecule has 2 heterocycles. The first-order chi connectivity index (χ1) is 29.2. The first-order valence-corrected chi connectivity index (χ1v) is 20.7. The Labute approximate surface area is 346 Å². The summed E-state index contributed by atoms with van der Waals surface area (Å²) in [6.45, 7) is 0. The van der Waals surface area contributed by atoms with E-state index in [0.717, 1.165) is 44.5 Å². The van der Waals surface area contributed by atoms with Gasteiger partial charge in [-0.25, -0.2) is 15.0 Å². The van der Waals surface area contributed by atoms with E-state index < -0.39 is 0 Å². The van der Waals surface area contributed by atoms with Crippen LogP contribution in [0.5, 0.6) is 0 Å². The molecule has 276 valence electrons. The molecule has 0 saturated carbocycles. The van der Waals surface area contributed by atoms with Gasteiger partial charge in [0.1, 0.15) is 0 Å². The maximum atomic E-state index is 5.21. The number of fused-ring (bicyclic) bond motifs is 4. The van der Waals surface area contributed by atoms with Crippen molar-refractivity contribution >= 4 is 42.3 Å². The van der Waals surface area contributed by atoms with Crippen LogP contribution in [-0.4, -0.2) is 15.0 Å². The molecule has 4 heteroatoms. The zero-order valence-electron chi connectivity index (χ0n) is 32.0. The second-order valence-corrected chi connectivity index (χ2v) is 15.8. The van der Waals surface area contributed by atoms with Gasteiger partial charge in [0.15, 0.2) is 17.5 Å². The molecular weight excluding hydrogens is 735 g/mol. The Hall–Kier alpha value is -7.53. The predicted octanol–water partition coefficient (Wildman–Crippen LogP) is 15.1. The number of aromatic nitrogens is 3. The fourth-order valence-corrected chi connectivity index (χ4v) is 9.42. The maximum Gasteiger partial charge on any atom is 0.164 e. The van der Waals surface area contributed by atoms with Gasteiger partial charge in [0.2, 0.25) is 0 Å². The fourth-order valence-electron chi connectivity index (χ4n) is 8.34. The van der Waals surface area contributed by atoms with Crippen molar-refractivity contribution in [2.24, 2.45) is 0 Å². The number of benzene rings is 9. The van der Waals surface area contributed by atoms with Crippen molar-refractivity contribution in [2.75, 3.05) is 0 Å². The molecule has 0 aliphatic carbocycles. The normalized spacial score (nSPS) is 11.4. The van der Waals surface area contributed by atoms with Gasteiger partial charge in [-0.1, -0.05) is 194 Å². The molecule has 0 saturated heterocycles. The van der Waals surface area contributed by atoms with Gasteiger partial charge in [0, 0.05) is 36.9 Å². The van der Waals surface area contributed by atoms with Crippen LogP contribution >= 0.6 is 11.3 Å². The molecule has 0 spiro atoms. The third kappa shape index (κ3) is 6.37. The zero-order valence-corrected chi connectivity index (χ0v) is 32.8. The molecule has 0 N–H and O–H groups in total. The van der Waals surface area contributed by atoms with Crippen molar-refractivity contribution in [1.29, 1.82) is 0 Å². The second-order valence-electron chi connectivity index (χ2n) is 14.7. The Morgan fingerprint density at radius 1 is 0.237 bits per heavy atom. The highest BCUT2D eigenvalue weighted by Crippen LogP contribution is 2.41. The molecule has 2 aromatic heterocycles. The molecular formula is C55H35N3S. The average Bonchev–Trinajstić information content (AvgIpc) is 3.70. The van der Waals surface area contributed by atoms with Crippen LogP contribution in [-0.2, 0) is 0 Å². The van der Waals surface area contributed by atoms with Crippen molar-refractivity contribution in [3.8, 4) is 78.7 Å². The van der Waals surface area contributed by atoms with Crippen LogP contribution in [0.3, 0.4) is 0 Å². The first-order valence-electron chi connectivity index (χ1n) is 19.9. The fraction of sp³-hybridized carbons (Fsp3) is 0. The summed E-state index contributed by atoms with van der Waals surface area (Å²) >= 11 is 1.85. The highest BCUT2D eigenvalue weighted by atomic mass is 32.1. The summed E-state index contributed by atoms with van der Waals surface area (Å²) in [5.41, 5.74) is 12.0. The van der Waals surface area contributed by atoms with E-state index in [1.807, 2.05) is 23.5 Å². The topological polar surface area (TPSA) is 38.7 Å². The Balaban J connectivity index is 1.02. The minimum Gasteiger partial charge on any atom is -0.208 e. The molecule has 0 amide bonds. The van der Waals surface area contributed by atoms with Crippen molar-refractivity contribution in [2.45, 2.75) is 0 Å². The number of hydrogen-bond donors (Lipinski definition) is 0. The van der Waals surface area contributed by atoms with Gasteiger partial charge in [-0.15, -0.1) is 11.3 Å². The quantitative estimate of drug-likeness (QED) is 0.162. The number of rotatable bonds is 7. The lowest BCUT2D eigenvalue weighted by molar-refractivity contribution is 1.07. The van der Waals surface area contributed by atoms with Crippen LogP contribution in [0.25, 0.3) is 110 Å². The molecule has 0 radical (unpaired) electrons. The van der Waals surface area contributed by atoms with E-state index in [9.17, 15) is 0 Å². The summed E-state index contributed by atoms with van der Waals surface area (Å²) in [5.74, 6) is 1.89. The molecule has 0 atom stereocenters. The van der Waals surface area contributed by atoms with Crippen LogP contribution in [0.1, 0.15) is 0 Å². The first kappa shape index (κ1) is 34.7. The van der Waals surface area contributed by atoms with E-state index in [0.29, 0.717) is 17.5 Å². The number of thiophene rings is 1. The molecule has 3 nitrogen and oxygen atoms in total. The van der Waals surface area contributed by atoms with Crippen LogP contribution in [0.15, 0.2) is 212 Å². The standard InChI is InChI=1S/C55H35N3S/c1-3-15-36(16-4-1)41-19-7-11-24-48(41)54-56-53(57-55(58-54)49-25-12-8-20-42(49)37-17-5-2-6-18-37)39-29-27-38(28-30-39)43-32-33-44(46-22-10-9-21-45(43)46)40-31-34-52-50(35-40)47-23-13-14-26-51(47)59-52/h1-35H. The summed E-state index contributed by atoms with van der Waals surface area (Å²) in [6, 6.07) is 75.1. The van der Waals surface area contributed by atoms with E-state index >= 15 is 0 Å². The molecule has 0 aliphatic heterocycles. The zero-order chi connectivity index (χ0) is 39.1. The number of hydrogen-bond acceptors (Lipinski definition) is 4. The highest BCUT2D eigenvalue weighted by molar-refractivity contribution is 7.25. The highest BCUT2D eigenvalue weighted by Gasteiger charge is 2.18. The summed E-state index contributed by atoms with van der Waals surface area (Å²) in [6.07, 6.45) is 0. The Morgan fingerprint density at radius 3 is 1.24 bits per heavy atom. The molecule has 0 fully saturated rings. The minimum atomic E-state index is 0.624. The van der Waals surface area contributed by atoms with E-state index in [2.05, 4.69) is 200 Å². The van der Waals surface area contributed by atoms with E-state index in [4.69, 9.17) is 15.0 Å². The molecule has 0 aliphatic rings. The van der Waals surface area contributed by atoms with Gasteiger partial charge in [-0.2, -0.15) is 0 Å². The minimum absolute atomic E-state index is 0.624. The van der Waals surface area contributed by atoms with Crippen molar-refractivity contribution in [3.05, 3.63) is 212 Å². The lowest BCUT2D eigenvalue weighted by Crippen LogP contribution is -2.02. The summed E-state index contributed by atoms with van der Waals surface area (Å²) < 4.78 is 2.64. The van der Waals surface area contributed by atoms with Gasteiger partial charge < -0.3 is 0 Å². The third-order valence-corrected chi connectivity index (χ3v) is 12.4. The molecule has 0 unspecified atom stereocenters. The van der Waals surface area contributed by atoms with Gasteiger partial charge in [0.25, 0.3) is 0 Å². The summed E-state index contributed by atoms with van der Waals surface area (Å²) in [5, 5.41) is 5.07. The second kappa shape index (κ2) is 14.8. The Bertz CT molecular complexity index is 3210. The van der Waals surface area contributed by atoms with Crippen LogP contribution in [0, 0.1) is 0 Å². The van der Waals surface area contributed by atoms with Crippen molar-refractivity contribution in [1.82, 2.24) is 15.0 Å². The third-order valence-electron chi connectivity index (χ3n) is 11.2. The van der Waals surface area contributed by atoms with E-state index in [1.165, 1.54) is 47.6 Å². The van der Waals surface area contributed by atoms with Gasteiger partial charge in [-0.3, -0.25) is 0 Å². The largest absolute Gasteiger partial charge is 0.208 e. The van der Waals surface area contributed by atoms with Crippen LogP contribution in [0.4, 0.5) is 0 Å². The van der Waals surface area contributed by atoms with Gasteiger partial charge in [0.05, 0.1) is 0 Å². The number of nitrogens with zero attached hydrogens (tertiary/aromatic N) is 3. The smallest absolute Gasteiger partial charge is 0.164 e. The molecule has 59 heavy (non-hydrogen) atoms. The van der Waals surface area contributed by atoms with Crippen LogP contribution < -0.4 is 0 Å². The van der Waals surface area contributed by atoms with Crippen LogP contribution in [0.2, 0.25) is 0 Å². The maximum absolute atomic E-state index is 5.21. The van der Waals surface area contributed by atoms with E-state index in [1.54, 1.807) is 0 Å². The molecule has 11 rings (SSSR count). The summed E-state index contributed by atoms with van der Waals surface area (Å²) in [7, 11) is 0. The SMILES string of the molecule is c1ccc(-c2ccccc2-c2nc(-c3ccc(-c4ccc(-c5ccc6sc7ccccc7c6c5)c5ccccc45)cc3)nc(-c3ccccc3-c3ccccc3)n2)cc1. The molecule has 9 aromatic carbocycles. The average molecular weight is 770 g/mol. The lowest BCUT2D eigenvalue weighted by Gasteiger charge is -2.14. The molecule has 11 aromatic rings. The van der Waals surface area contributed by atoms with Gasteiger partial charge in [-0.05, 0) is 73.5 Å². The van der Waals surface area contributed by atoms with E-state index in [-0.39, 0.29) is 0 Å². The summed E-state index contributed by atoms with van der Waals surface area (Å²) in [4.78, 5) is 15.6. The Kier molecular flexibility index (Phi) is 8.68. The Morgan fingerprint density at radius 2 is 0.644 bits per heavy atom. The van der Waals surface area contributed by atoms with Crippen molar-refractivity contribution in [3.63, 3.8) is 0 Å². The predicted molar refractivity (Wildman–Crippen MR) is 248 cm³/mol. The molecule has 0 bridgehead atoms. The lowest BCUT2D eigenvalue weighted by atomic mass is 9.91. The van der Waals surface area contributed by atoms with Crippen molar-refractivity contribution < 1.29 is 0 Å². The monoisotopic (exact) mass is 769 g/mol.